The van der Waals surface area contributed by atoms with Crippen molar-refractivity contribution in [3.05, 3.63) is 0 Å². The van der Waals surface area contributed by atoms with Gasteiger partial charge in [-0.15, -0.1) is 0 Å². The summed E-state index contributed by atoms with van der Waals surface area (Å²) in [5.74, 6) is 0.866. The topological polar surface area (TPSA) is 12.5 Å². The Labute approximate surface area is 43.7 Å². The van der Waals surface area contributed by atoms with Crippen LogP contribution in [0.25, 0.3) is 0 Å². The highest BCUT2D eigenvalue weighted by Crippen LogP contribution is 2.42. The maximum atomic E-state index is 5.27. The first-order chi connectivity index (χ1) is 3.38. The average molecular weight is 98.1 g/mol. The Balaban J connectivity index is 2.08. The van der Waals surface area contributed by atoms with E-state index in [-0.39, 0.29) is 0 Å². The lowest BCUT2D eigenvalue weighted by Gasteiger charge is -1.97. The van der Waals surface area contributed by atoms with Crippen LogP contribution in [0.4, 0.5) is 0 Å². The third-order valence-electron chi connectivity index (χ3n) is 2.09. The molecule has 0 aromatic rings. The lowest BCUT2D eigenvalue weighted by molar-refractivity contribution is 0.276. The predicted octanol–water partition coefficient (Wildman–Crippen LogP) is 1.18. The molecule has 1 saturated carbocycles. The van der Waals surface area contributed by atoms with Crippen LogP contribution >= 0.6 is 0 Å². The van der Waals surface area contributed by atoms with Crippen LogP contribution in [0.15, 0.2) is 0 Å². The third-order valence-corrected chi connectivity index (χ3v) is 2.09. The van der Waals surface area contributed by atoms with Crippen molar-refractivity contribution < 1.29 is 4.74 Å². The van der Waals surface area contributed by atoms with E-state index in [1.807, 2.05) is 0 Å². The van der Waals surface area contributed by atoms with Gasteiger partial charge in [0.2, 0.25) is 0 Å². The van der Waals surface area contributed by atoms with Crippen molar-refractivity contribution in [1.29, 1.82) is 0 Å². The summed E-state index contributed by atoms with van der Waals surface area (Å²) in [4.78, 5) is 0. The van der Waals surface area contributed by atoms with Gasteiger partial charge < -0.3 is 4.74 Å². The molecule has 0 aromatic carbocycles. The first-order valence-electron chi connectivity index (χ1n) is 3.03. The number of ether oxygens (including phenoxy) is 1. The molecule has 2 aliphatic rings. The van der Waals surface area contributed by atoms with E-state index in [1.165, 1.54) is 12.8 Å². The van der Waals surface area contributed by atoms with E-state index in [1.54, 1.807) is 0 Å². The summed E-state index contributed by atoms with van der Waals surface area (Å²) >= 11 is 0. The molecule has 0 N–H and O–H groups in total. The van der Waals surface area contributed by atoms with Gasteiger partial charge in [0.1, 0.15) is 0 Å². The largest absolute Gasteiger partial charge is 0.369 e. The quantitative estimate of drug-likeness (QED) is 0.414. The van der Waals surface area contributed by atoms with Crippen LogP contribution < -0.4 is 0 Å². The van der Waals surface area contributed by atoms with Crippen LogP contribution in [0.5, 0.6) is 0 Å². The molecule has 0 bridgehead atoms. The normalized spacial score (nSPS) is 57.0. The molecule has 7 heavy (non-hydrogen) atoms. The zero-order valence-corrected chi connectivity index (χ0v) is 4.55. The molecule has 1 nitrogen and oxygen atoms in total. The van der Waals surface area contributed by atoms with Gasteiger partial charge in [-0.2, -0.15) is 0 Å². The van der Waals surface area contributed by atoms with Gasteiger partial charge in [-0.1, -0.05) is 6.92 Å². The number of hydrogen-bond donors (Lipinski definition) is 0. The van der Waals surface area contributed by atoms with Gasteiger partial charge in [0.25, 0.3) is 0 Å². The van der Waals surface area contributed by atoms with Gasteiger partial charge in [-0.05, 0) is 18.8 Å². The molecule has 2 fully saturated rings. The van der Waals surface area contributed by atoms with Crippen LogP contribution in [0.1, 0.15) is 19.8 Å². The van der Waals surface area contributed by atoms with E-state index in [0.717, 1.165) is 5.92 Å². The standard InChI is InChI=1S/C6H10O/c1-4-2-3-5-6(4)7-5/h4-6H,2-3H2,1H3/t4-,5?,6?/m0/s1. The van der Waals surface area contributed by atoms with E-state index < -0.39 is 0 Å². The van der Waals surface area contributed by atoms with Crippen molar-refractivity contribution in [1.82, 2.24) is 0 Å². The molecule has 1 saturated heterocycles. The minimum Gasteiger partial charge on any atom is -0.369 e. The monoisotopic (exact) mass is 98.1 g/mol. The Kier molecular flexibility index (Phi) is 0.571. The second-order valence-corrected chi connectivity index (χ2v) is 2.69. The second-order valence-electron chi connectivity index (χ2n) is 2.69. The Bertz CT molecular complexity index is 90.2. The smallest absolute Gasteiger partial charge is 0.0867 e. The minimum atomic E-state index is 0.681. The van der Waals surface area contributed by atoms with Crippen molar-refractivity contribution >= 4 is 0 Å². The lowest BCUT2D eigenvalue weighted by atomic mass is 10.1. The molecule has 0 radical (unpaired) electrons. The molecule has 40 valence electrons. The van der Waals surface area contributed by atoms with E-state index >= 15 is 0 Å². The summed E-state index contributed by atoms with van der Waals surface area (Å²) < 4.78 is 5.27. The molecule has 2 unspecified atom stereocenters. The van der Waals surface area contributed by atoms with E-state index in [9.17, 15) is 0 Å². The number of rotatable bonds is 0. The Morgan fingerprint density at radius 1 is 1.43 bits per heavy atom. The molecule has 1 heterocycles. The second kappa shape index (κ2) is 1.03. The van der Waals surface area contributed by atoms with Crippen LogP contribution in [0.3, 0.4) is 0 Å². The van der Waals surface area contributed by atoms with Crippen molar-refractivity contribution in [2.45, 2.75) is 32.0 Å². The van der Waals surface area contributed by atoms with Gasteiger partial charge in [0.05, 0.1) is 12.2 Å². The highest BCUT2D eigenvalue weighted by atomic mass is 16.6. The lowest BCUT2D eigenvalue weighted by Crippen LogP contribution is -1.95. The van der Waals surface area contributed by atoms with Crippen molar-refractivity contribution in [2.75, 3.05) is 0 Å². The van der Waals surface area contributed by atoms with E-state index in [0.29, 0.717) is 12.2 Å². The van der Waals surface area contributed by atoms with Crippen molar-refractivity contribution in [3.8, 4) is 0 Å². The Morgan fingerprint density at radius 2 is 2.29 bits per heavy atom. The number of fused-ring (bicyclic) bond motifs is 1. The summed E-state index contributed by atoms with van der Waals surface area (Å²) in [5.41, 5.74) is 0. The molecule has 0 spiro atoms. The highest BCUT2D eigenvalue weighted by Gasteiger charge is 2.47. The van der Waals surface area contributed by atoms with Crippen molar-refractivity contribution in [3.63, 3.8) is 0 Å². The molecule has 1 aliphatic heterocycles. The van der Waals surface area contributed by atoms with Crippen LogP contribution in [-0.4, -0.2) is 12.2 Å². The van der Waals surface area contributed by atoms with Crippen LogP contribution in [0, 0.1) is 5.92 Å². The van der Waals surface area contributed by atoms with Gasteiger partial charge in [0.15, 0.2) is 0 Å². The SMILES string of the molecule is C[C@H]1CCC2OC21. The molecule has 1 aliphatic carbocycles. The fourth-order valence-electron chi connectivity index (χ4n) is 1.48. The maximum Gasteiger partial charge on any atom is 0.0867 e. The van der Waals surface area contributed by atoms with Crippen LogP contribution in [-0.2, 0) is 4.74 Å². The summed E-state index contributed by atoms with van der Waals surface area (Å²) in [6, 6.07) is 0. The van der Waals surface area contributed by atoms with Gasteiger partial charge >= 0.3 is 0 Å². The zero-order valence-electron chi connectivity index (χ0n) is 4.55. The highest BCUT2D eigenvalue weighted by molar-refractivity contribution is 4.95. The zero-order chi connectivity index (χ0) is 4.85. The maximum absolute atomic E-state index is 5.27. The van der Waals surface area contributed by atoms with Gasteiger partial charge in [0, 0.05) is 0 Å². The summed E-state index contributed by atoms with van der Waals surface area (Å²) in [7, 11) is 0. The average Bonchev–Trinajstić information content (AvgIpc) is 2.33. The molecular formula is C6H10O. The van der Waals surface area contributed by atoms with Crippen molar-refractivity contribution in [2.24, 2.45) is 5.92 Å². The first-order valence-corrected chi connectivity index (χ1v) is 3.03. The summed E-state index contributed by atoms with van der Waals surface area (Å²) in [6.45, 7) is 2.28. The first kappa shape index (κ1) is 3.90. The molecule has 0 aromatic heterocycles. The van der Waals surface area contributed by atoms with Gasteiger partial charge in [-0.25, -0.2) is 0 Å². The Hall–Kier alpha value is -0.0400. The molecule has 3 atom stereocenters. The Morgan fingerprint density at radius 3 is 2.43 bits per heavy atom. The molecule has 2 rings (SSSR count). The summed E-state index contributed by atoms with van der Waals surface area (Å²) in [5, 5.41) is 0. The third kappa shape index (κ3) is 0.418. The molecule has 1 heteroatoms. The van der Waals surface area contributed by atoms with Crippen LogP contribution in [0.2, 0.25) is 0 Å². The summed E-state index contributed by atoms with van der Waals surface area (Å²) in [6.07, 6.45) is 4.09. The van der Waals surface area contributed by atoms with Gasteiger partial charge in [-0.3, -0.25) is 0 Å². The predicted molar refractivity (Wildman–Crippen MR) is 27.1 cm³/mol. The number of hydrogen-bond acceptors (Lipinski definition) is 1. The fraction of sp³-hybridized carbons (Fsp3) is 1.00. The molecular weight excluding hydrogens is 88.1 g/mol. The number of epoxide rings is 1. The minimum absolute atomic E-state index is 0.681. The van der Waals surface area contributed by atoms with E-state index in [4.69, 9.17) is 4.74 Å². The fourth-order valence-corrected chi connectivity index (χ4v) is 1.48. The molecule has 0 amide bonds. The van der Waals surface area contributed by atoms with E-state index in [2.05, 4.69) is 6.92 Å².